The number of phenols is 1. The molecule has 0 saturated carbocycles. The number of phenolic OH excluding ortho intramolecular Hbond substituents is 1. The third-order valence-electron chi connectivity index (χ3n) is 2.22. The van der Waals surface area contributed by atoms with Crippen LogP contribution < -0.4 is 10.7 Å². The molecule has 0 bridgehead atoms. The molecule has 3 N–H and O–H groups in total. The van der Waals surface area contributed by atoms with Gasteiger partial charge in [-0.1, -0.05) is 0 Å². The van der Waals surface area contributed by atoms with Gasteiger partial charge in [0.2, 0.25) is 5.75 Å². The van der Waals surface area contributed by atoms with Crippen molar-refractivity contribution in [1.82, 2.24) is 10.7 Å². The van der Waals surface area contributed by atoms with Gasteiger partial charge in [0.05, 0.1) is 27.7 Å². The van der Waals surface area contributed by atoms with E-state index in [2.05, 4.69) is 15.8 Å². The lowest BCUT2D eigenvalue weighted by Gasteiger charge is -2.03. The van der Waals surface area contributed by atoms with Gasteiger partial charge in [0.1, 0.15) is 0 Å². The Morgan fingerprint density at radius 3 is 2.62 bits per heavy atom. The molecule has 0 unspecified atom stereocenters. The number of nitro benzene ring substituents is 2. The van der Waals surface area contributed by atoms with Crippen molar-refractivity contribution >= 4 is 34.9 Å². The van der Waals surface area contributed by atoms with Crippen LogP contribution in [-0.2, 0) is 0 Å². The molecule has 0 saturated heterocycles. The number of thiocarbonyl (C=S) groups is 1. The Hall–Kier alpha value is -2.82. The fraction of sp³-hybridized carbons (Fsp3) is 0.200. The highest BCUT2D eigenvalue weighted by Crippen LogP contribution is 2.33. The van der Waals surface area contributed by atoms with Crippen LogP contribution in [0.3, 0.4) is 0 Å². The van der Waals surface area contributed by atoms with Crippen molar-refractivity contribution in [1.29, 1.82) is 0 Å². The summed E-state index contributed by atoms with van der Waals surface area (Å²) in [6.45, 7) is 2.38. The molecule has 0 spiro atoms. The van der Waals surface area contributed by atoms with Crippen molar-refractivity contribution in [2.75, 3.05) is 6.54 Å². The maximum absolute atomic E-state index is 10.7. The van der Waals surface area contributed by atoms with E-state index >= 15 is 0 Å². The van der Waals surface area contributed by atoms with Crippen LogP contribution in [0.15, 0.2) is 17.2 Å². The Bertz CT molecular complexity index is 618. The van der Waals surface area contributed by atoms with Crippen LogP contribution in [0.1, 0.15) is 12.5 Å². The standard InChI is InChI=1S/C10H11N5O5S/c1-2-11-10(21)13-12-5-6-3-7(14(17)18)4-8(9(6)16)15(19)20/h3-5,16H,2H2,1H3,(H2,11,13,21)/b12-5-. The number of nitrogens with zero attached hydrogens (tertiary/aromatic N) is 3. The van der Waals surface area contributed by atoms with E-state index in [1.807, 2.05) is 6.92 Å². The second-order valence-electron chi connectivity index (χ2n) is 3.65. The number of benzene rings is 1. The molecule has 1 aromatic rings. The molecule has 0 aliphatic rings. The molecule has 1 rings (SSSR count). The third kappa shape index (κ3) is 4.35. The summed E-state index contributed by atoms with van der Waals surface area (Å²) in [5.74, 6) is -0.717. The van der Waals surface area contributed by atoms with Gasteiger partial charge in [-0.05, 0) is 19.1 Å². The Morgan fingerprint density at radius 2 is 2.10 bits per heavy atom. The highest BCUT2D eigenvalue weighted by atomic mass is 32.1. The number of rotatable bonds is 5. The Labute approximate surface area is 123 Å². The zero-order chi connectivity index (χ0) is 16.0. The molecule has 21 heavy (non-hydrogen) atoms. The summed E-state index contributed by atoms with van der Waals surface area (Å²) in [7, 11) is 0. The summed E-state index contributed by atoms with van der Waals surface area (Å²) in [4.78, 5) is 19.7. The topological polar surface area (TPSA) is 143 Å². The number of hydrazone groups is 1. The number of aromatic hydroxyl groups is 1. The zero-order valence-electron chi connectivity index (χ0n) is 10.8. The van der Waals surface area contributed by atoms with Crippen LogP contribution in [0.4, 0.5) is 11.4 Å². The molecule has 0 aliphatic carbocycles. The summed E-state index contributed by atoms with van der Waals surface area (Å²) in [5, 5.41) is 37.7. The van der Waals surface area contributed by atoms with Crippen LogP contribution in [0.5, 0.6) is 5.75 Å². The molecule has 112 valence electrons. The van der Waals surface area contributed by atoms with Gasteiger partial charge in [0.25, 0.3) is 5.69 Å². The average molecular weight is 313 g/mol. The van der Waals surface area contributed by atoms with E-state index in [9.17, 15) is 25.3 Å². The molecule has 11 heteroatoms. The number of hydrogen-bond acceptors (Lipinski definition) is 7. The van der Waals surface area contributed by atoms with Crippen molar-refractivity contribution in [3.05, 3.63) is 37.9 Å². The maximum atomic E-state index is 10.7. The minimum absolute atomic E-state index is 0.178. The molecule has 0 fully saturated rings. The summed E-state index contributed by atoms with van der Waals surface area (Å²) < 4.78 is 0. The predicted octanol–water partition coefficient (Wildman–Crippen LogP) is 1.03. The summed E-state index contributed by atoms with van der Waals surface area (Å²) in [5.41, 5.74) is 0.907. The highest BCUT2D eigenvalue weighted by Gasteiger charge is 2.22. The minimum atomic E-state index is -0.920. The van der Waals surface area contributed by atoms with Crippen LogP contribution in [0.25, 0.3) is 0 Å². The van der Waals surface area contributed by atoms with Crippen LogP contribution >= 0.6 is 12.2 Å². The highest BCUT2D eigenvalue weighted by molar-refractivity contribution is 7.80. The summed E-state index contributed by atoms with van der Waals surface area (Å²) in [6, 6.07) is 1.63. The number of nitro groups is 2. The van der Waals surface area contributed by atoms with E-state index in [1.54, 1.807) is 0 Å². The van der Waals surface area contributed by atoms with Crippen LogP contribution in [0.2, 0.25) is 0 Å². The Balaban J connectivity index is 3.11. The van der Waals surface area contributed by atoms with Gasteiger partial charge in [-0.2, -0.15) is 5.10 Å². The monoisotopic (exact) mass is 313 g/mol. The van der Waals surface area contributed by atoms with Gasteiger partial charge in [-0.25, -0.2) is 0 Å². The van der Waals surface area contributed by atoms with Crippen molar-refractivity contribution < 1.29 is 15.0 Å². The maximum Gasteiger partial charge on any atom is 0.318 e. The predicted molar refractivity (Wildman–Crippen MR) is 78.4 cm³/mol. The van der Waals surface area contributed by atoms with E-state index in [0.29, 0.717) is 12.6 Å². The second-order valence-corrected chi connectivity index (χ2v) is 4.05. The molecule has 0 atom stereocenters. The second kappa shape index (κ2) is 7.09. The molecular formula is C10H11N5O5S. The molecule has 0 aromatic heterocycles. The fourth-order valence-corrected chi connectivity index (χ4v) is 1.53. The van der Waals surface area contributed by atoms with E-state index in [0.717, 1.165) is 12.3 Å². The van der Waals surface area contributed by atoms with Crippen molar-refractivity contribution in [3.8, 4) is 5.75 Å². The molecular weight excluding hydrogens is 302 g/mol. The number of non-ortho nitro benzene ring substituents is 1. The van der Waals surface area contributed by atoms with Crippen molar-refractivity contribution in [3.63, 3.8) is 0 Å². The number of hydrogen-bond donors (Lipinski definition) is 3. The Kier molecular flexibility index (Phi) is 5.48. The summed E-state index contributed by atoms with van der Waals surface area (Å²) in [6.07, 6.45) is 0.999. The van der Waals surface area contributed by atoms with Gasteiger partial charge >= 0.3 is 5.69 Å². The Morgan fingerprint density at radius 1 is 1.43 bits per heavy atom. The fourth-order valence-electron chi connectivity index (χ4n) is 1.33. The van der Waals surface area contributed by atoms with Crippen LogP contribution in [0, 0.1) is 20.2 Å². The molecule has 0 heterocycles. The van der Waals surface area contributed by atoms with E-state index < -0.39 is 27.0 Å². The van der Waals surface area contributed by atoms with Gasteiger partial charge in [0, 0.05) is 12.6 Å². The SMILES string of the molecule is CCNC(=S)N/N=C\c1cc([N+](=O)[O-])cc([N+](=O)[O-])c1O. The van der Waals surface area contributed by atoms with Gasteiger partial charge in [-0.15, -0.1) is 0 Å². The van der Waals surface area contributed by atoms with Gasteiger partial charge in [-0.3, -0.25) is 25.7 Å². The van der Waals surface area contributed by atoms with Crippen molar-refractivity contribution in [2.24, 2.45) is 5.10 Å². The first-order valence-corrected chi connectivity index (χ1v) is 6.00. The third-order valence-corrected chi connectivity index (χ3v) is 2.45. The van der Waals surface area contributed by atoms with Crippen molar-refractivity contribution in [2.45, 2.75) is 6.92 Å². The first-order valence-electron chi connectivity index (χ1n) is 5.59. The molecule has 1 aromatic carbocycles. The quantitative estimate of drug-likeness (QED) is 0.316. The summed E-state index contributed by atoms with van der Waals surface area (Å²) >= 11 is 4.82. The van der Waals surface area contributed by atoms with E-state index in [1.165, 1.54) is 0 Å². The first kappa shape index (κ1) is 16.2. The largest absolute Gasteiger partial charge is 0.502 e. The van der Waals surface area contributed by atoms with E-state index in [4.69, 9.17) is 12.2 Å². The van der Waals surface area contributed by atoms with Gasteiger partial charge in [0.15, 0.2) is 5.11 Å². The first-order chi connectivity index (χ1) is 9.86. The molecule has 0 aliphatic heterocycles. The average Bonchev–Trinajstić information content (AvgIpc) is 2.40. The lowest BCUT2D eigenvalue weighted by Crippen LogP contribution is -2.31. The normalized spacial score (nSPS) is 10.3. The molecule has 0 amide bonds. The minimum Gasteiger partial charge on any atom is -0.502 e. The van der Waals surface area contributed by atoms with Crippen LogP contribution in [-0.4, -0.2) is 32.8 Å². The van der Waals surface area contributed by atoms with E-state index in [-0.39, 0.29) is 10.7 Å². The van der Waals surface area contributed by atoms with Gasteiger partial charge < -0.3 is 10.4 Å². The zero-order valence-corrected chi connectivity index (χ0v) is 11.6. The smallest absolute Gasteiger partial charge is 0.318 e. The molecule has 0 radical (unpaired) electrons. The lowest BCUT2D eigenvalue weighted by molar-refractivity contribution is -0.394. The molecule has 10 nitrogen and oxygen atoms in total. The lowest BCUT2D eigenvalue weighted by atomic mass is 10.1. The number of nitrogens with one attached hydrogen (secondary N) is 2.